The summed E-state index contributed by atoms with van der Waals surface area (Å²) in [7, 11) is 0. The van der Waals surface area contributed by atoms with E-state index in [9.17, 15) is 4.79 Å². The van der Waals surface area contributed by atoms with E-state index in [1.54, 1.807) is 6.07 Å². The highest BCUT2D eigenvalue weighted by molar-refractivity contribution is 6.32. The van der Waals surface area contributed by atoms with Gasteiger partial charge >= 0.3 is 5.97 Å². The summed E-state index contributed by atoms with van der Waals surface area (Å²) in [5.41, 5.74) is 2.51. The van der Waals surface area contributed by atoms with Crippen molar-refractivity contribution in [2.45, 2.75) is 6.42 Å². The van der Waals surface area contributed by atoms with E-state index >= 15 is 0 Å². The van der Waals surface area contributed by atoms with Crippen molar-refractivity contribution in [1.82, 2.24) is 0 Å². The van der Waals surface area contributed by atoms with E-state index in [0.717, 1.165) is 11.1 Å². The van der Waals surface area contributed by atoms with Crippen molar-refractivity contribution in [3.8, 4) is 11.1 Å². The molecule has 0 saturated heterocycles. The number of aliphatic carboxylic acids is 1. The first-order chi connectivity index (χ1) is 8.18. The third kappa shape index (κ3) is 2.66. The maximum atomic E-state index is 10.8. The van der Waals surface area contributed by atoms with E-state index in [4.69, 9.17) is 16.7 Å². The number of carbonyl (C=O) groups is 1. The number of carboxylic acids is 1. The number of carboxylic acid groups (broad SMARTS) is 1. The fourth-order valence-electron chi connectivity index (χ4n) is 1.78. The lowest BCUT2D eigenvalue weighted by molar-refractivity contribution is -0.136. The van der Waals surface area contributed by atoms with Crippen LogP contribution in [0.25, 0.3) is 11.1 Å². The smallest absolute Gasteiger partial charge is 0.307 e. The van der Waals surface area contributed by atoms with E-state index in [1.165, 1.54) is 0 Å². The minimum atomic E-state index is -0.879. The summed E-state index contributed by atoms with van der Waals surface area (Å²) in [4.78, 5) is 10.8. The van der Waals surface area contributed by atoms with Crippen LogP contribution in [0.2, 0.25) is 5.02 Å². The van der Waals surface area contributed by atoms with Crippen LogP contribution in [0.15, 0.2) is 48.5 Å². The highest BCUT2D eigenvalue weighted by atomic mass is 35.5. The van der Waals surface area contributed by atoms with Gasteiger partial charge in [0.25, 0.3) is 0 Å². The van der Waals surface area contributed by atoms with Gasteiger partial charge in [-0.05, 0) is 22.8 Å². The quantitative estimate of drug-likeness (QED) is 0.898. The highest BCUT2D eigenvalue weighted by Gasteiger charge is 2.11. The maximum absolute atomic E-state index is 10.8. The van der Waals surface area contributed by atoms with Crippen molar-refractivity contribution < 1.29 is 9.90 Å². The number of halogens is 1. The van der Waals surface area contributed by atoms with Gasteiger partial charge in [-0.3, -0.25) is 4.79 Å². The van der Waals surface area contributed by atoms with Gasteiger partial charge in [0, 0.05) is 5.02 Å². The van der Waals surface area contributed by atoms with Crippen LogP contribution in [0, 0.1) is 0 Å². The number of hydrogen-bond donors (Lipinski definition) is 1. The Kier molecular flexibility index (Phi) is 3.45. The molecule has 2 nitrogen and oxygen atoms in total. The number of benzene rings is 2. The second kappa shape index (κ2) is 5.02. The molecule has 0 radical (unpaired) electrons. The average Bonchev–Trinajstić information content (AvgIpc) is 2.32. The molecule has 0 aliphatic carbocycles. The first kappa shape index (κ1) is 11.7. The molecule has 0 aromatic heterocycles. The second-order valence-electron chi connectivity index (χ2n) is 3.70. The fourth-order valence-corrected chi connectivity index (χ4v) is 2.02. The van der Waals surface area contributed by atoms with E-state index in [2.05, 4.69) is 0 Å². The molecule has 1 N–H and O–H groups in total. The zero-order valence-corrected chi connectivity index (χ0v) is 9.82. The molecule has 0 aliphatic rings. The molecule has 0 saturated carbocycles. The highest BCUT2D eigenvalue weighted by Crippen LogP contribution is 2.29. The van der Waals surface area contributed by atoms with E-state index in [-0.39, 0.29) is 6.42 Å². The molecule has 0 fully saturated rings. The first-order valence-electron chi connectivity index (χ1n) is 5.23. The molecular formula is C14H11ClO2. The zero-order valence-electron chi connectivity index (χ0n) is 9.06. The third-order valence-electron chi connectivity index (χ3n) is 2.53. The molecule has 0 spiro atoms. The molecule has 3 heteroatoms. The lowest BCUT2D eigenvalue weighted by Gasteiger charge is -2.09. The lowest BCUT2D eigenvalue weighted by atomic mass is 9.98. The molecule has 0 unspecified atom stereocenters. The van der Waals surface area contributed by atoms with Crippen LogP contribution in [0.5, 0.6) is 0 Å². The summed E-state index contributed by atoms with van der Waals surface area (Å²) in [5, 5.41) is 9.40. The Morgan fingerprint density at radius 3 is 2.41 bits per heavy atom. The maximum Gasteiger partial charge on any atom is 0.307 e. The molecule has 17 heavy (non-hydrogen) atoms. The lowest BCUT2D eigenvalue weighted by Crippen LogP contribution is -2.02. The number of rotatable bonds is 3. The van der Waals surface area contributed by atoms with Gasteiger partial charge in [-0.25, -0.2) is 0 Å². The minimum Gasteiger partial charge on any atom is -0.481 e. The molecule has 0 heterocycles. The van der Waals surface area contributed by atoms with Gasteiger partial charge < -0.3 is 5.11 Å². The Labute approximate surface area is 104 Å². The Morgan fingerprint density at radius 1 is 1.06 bits per heavy atom. The summed E-state index contributed by atoms with van der Waals surface area (Å²) < 4.78 is 0. The Hall–Kier alpha value is -1.80. The van der Waals surface area contributed by atoms with Crippen molar-refractivity contribution in [1.29, 1.82) is 0 Å². The summed E-state index contributed by atoms with van der Waals surface area (Å²) in [6.45, 7) is 0. The zero-order chi connectivity index (χ0) is 12.3. The van der Waals surface area contributed by atoms with Crippen molar-refractivity contribution in [2.75, 3.05) is 0 Å². The molecule has 2 aromatic carbocycles. The van der Waals surface area contributed by atoms with E-state index in [0.29, 0.717) is 10.6 Å². The number of hydrogen-bond acceptors (Lipinski definition) is 1. The second-order valence-corrected chi connectivity index (χ2v) is 4.11. The van der Waals surface area contributed by atoms with Gasteiger partial charge in [0.1, 0.15) is 0 Å². The van der Waals surface area contributed by atoms with Gasteiger partial charge in [0.2, 0.25) is 0 Å². The monoisotopic (exact) mass is 246 g/mol. The molecular weight excluding hydrogens is 236 g/mol. The largest absolute Gasteiger partial charge is 0.481 e. The molecule has 0 atom stereocenters. The molecule has 0 aliphatic heterocycles. The standard InChI is InChI=1S/C14H11ClO2/c15-13-8-4-7-11(12(13)9-14(16)17)10-5-2-1-3-6-10/h1-8H,9H2,(H,16,17). The minimum absolute atomic E-state index is 0.0656. The Balaban J connectivity index is 2.54. The average molecular weight is 247 g/mol. The van der Waals surface area contributed by atoms with Crippen LogP contribution >= 0.6 is 11.6 Å². The van der Waals surface area contributed by atoms with Crippen molar-refractivity contribution in [2.24, 2.45) is 0 Å². The van der Waals surface area contributed by atoms with E-state index in [1.807, 2.05) is 42.5 Å². The SMILES string of the molecule is O=C(O)Cc1c(Cl)cccc1-c1ccccc1. The van der Waals surface area contributed by atoms with Crippen LogP contribution < -0.4 is 0 Å². The molecule has 86 valence electrons. The van der Waals surface area contributed by atoms with Gasteiger partial charge in [0.15, 0.2) is 0 Å². The van der Waals surface area contributed by atoms with Crippen LogP contribution in [0.4, 0.5) is 0 Å². The summed E-state index contributed by atoms with van der Waals surface area (Å²) in [5.74, 6) is -0.879. The molecule has 2 rings (SSSR count). The molecule has 2 aromatic rings. The van der Waals surface area contributed by atoms with Crippen LogP contribution in [0.1, 0.15) is 5.56 Å². The molecule has 0 amide bonds. The predicted octanol–water partition coefficient (Wildman–Crippen LogP) is 3.63. The van der Waals surface area contributed by atoms with Crippen LogP contribution in [-0.2, 0) is 11.2 Å². The third-order valence-corrected chi connectivity index (χ3v) is 2.89. The predicted molar refractivity (Wildman–Crippen MR) is 68.2 cm³/mol. The van der Waals surface area contributed by atoms with Crippen molar-refractivity contribution in [3.05, 3.63) is 59.1 Å². The first-order valence-corrected chi connectivity index (χ1v) is 5.61. The van der Waals surface area contributed by atoms with Gasteiger partial charge in [-0.1, -0.05) is 54.1 Å². The summed E-state index contributed by atoms with van der Waals surface area (Å²) in [6.07, 6.45) is -0.0656. The normalized spacial score (nSPS) is 10.2. The molecule has 0 bridgehead atoms. The Morgan fingerprint density at radius 2 is 1.76 bits per heavy atom. The van der Waals surface area contributed by atoms with E-state index < -0.39 is 5.97 Å². The summed E-state index contributed by atoms with van der Waals surface area (Å²) in [6, 6.07) is 15.1. The Bertz CT molecular complexity index is 535. The fraction of sp³-hybridized carbons (Fsp3) is 0.0714. The van der Waals surface area contributed by atoms with Crippen molar-refractivity contribution >= 4 is 17.6 Å². The van der Waals surface area contributed by atoms with Gasteiger partial charge in [0.05, 0.1) is 6.42 Å². The van der Waals surface area contributed by atoms with Crippen LogP contribution in [0.3, 0.4) is 0 Å². The topological polar surface area (TPSA) is 37.3 Å². The van der Waals surface area contributed by atoms with Crippen molar-refractivity contribution in [3.63, 3.8) is 0 Å². The van der Waals surface area contributed by atoms with Gasteiger partial charge in [-0.2, -0.15) is 0 Å². The summed E-state index contributed by atoms with van der Waals surface area (Å²) >= 11 is 6.06. The van der Waals surface area contributed by atoms with Crippen LogP contribution in [-0.4, -0.2) is 11.1 Å². The van der Waals surface area contributed by atoms with Gasteiger partial charge in [-0.15, -0.1) is 0 Å².